The highest BCUT2D eigenvalue weighted by Gasteiger charge is 2.02. The minimum absolute atomic E-state index is 0.556. The van der Waals surface area contributed by atoms with Crippen LogP contribution in [-0.2, 0) is 0 Å². The third-order valence-corrected chi connectivity index (χ3v) is 3.40. The average Bonchev–Trinajstić information content (AvgIpc) is 2.62. The molecule has 1 aromatic heterocycles. The van der Waals surface area contributed by atoms with Crippen LogP contribution in [0.15, 0.2) is 66.9 Å². The second kappa shape index (κ2) is 5.91. The predicted octanol–water partition coefficient (Wildman–Crippen LogP) is 4.84. The van der Waals surface area contributed by atoms with Gasteiger partial charge in [-0.2, -0.15) is 5.26 Å². The number of nitrogens with zero attached hydrogens (tertiary/aromatic N) is 3. The Morgan fingerprint density at radius 2 is 1.41 bits per heavy atom. The normalized spacial score (nSPS) is 9.73. The van der Waals surface area contributed by atoms with E-state index in [9.17, 15) is 0 Å². The van der Waals surface area contributed by atoms with Gasteiger partial charge in [0.05, 0.1) is 17.8 Å². The molecule has 102 valence electrons. The first kappa shape index (κ1) is 13.5. The molecule has 0 saturated heterocycles. The fourth-order valence-electron chi connectivity index (χ4n) is 2.19. The summed E-state index contributed by atoms with van der Waals surface area (Å²) in [5.74, 6) is 0. The zero-order valence-corrected chi connectivity index (χ0v) is 11.7. The van der Waals surface area contributed by atoms with Gasteiger partial charge in [0.15, 0.2) is 5.69 Å². The van der Waals surface area contributed by atoms with Gasteiger partial charge in [-0.1, -0.05) is 48.5 Å². The summed E-state index contributed by atoms with van der Waals surface area (Å²) in [7, 11) is 0. The molecular weight excluding hydrogens is 270 g/mol. The fraction of sp³-hybridized carbons (Fsp3) is 0. The van der Waals surface area contributed by atoms with Gasteiger partial charge in [0.1, 0.15) is 6.07 Å². The van der Waals surface area contributed by atoms with Crippen molar-refractivity contribution in [2.45, 2.75) is 0 Å². The first-order chi connectivity index (χ1) is 10.8. The Bertz CT molecular complexity index is 786. The number of pyridine rings is 1. The smallest absolute Gasteiger partial charge is 0.187 e. The van der Waals surface area contributed by atoms with Crippen molar-refractivity contribution in [1.29, 1.82) is 5.26 Å². The van der Waals surface area contributed by atoms with Gasteiger partial charge in [0.2, 0.25) is 0 Å². The van der Waals surface area contributed by atoms with Crippen LogP contribution in [0.2, 0.25) is 0 Å². The van der Waals surface area contributed by atoms with E-state index in [0.29, 0.717) is 11.3 Å². The molecule has 3 aromatic rings. The van der Waals surface area contributed by atoms with Crippen LogP contribution >= 0.6 is 0 Å². The standard InChI is InChI=1S/C19H11N3/c1-21-18-9-7-16(8-10-18)15-3-5-17(6-4-15)19-11-2-14(12-20)13-22-19/h2-11,13H. The molecular formula is C19H11N3. The zero-order chi connectivity index (χ0) is 15.4. The lowest BCUT2D eigenvalue weighted by Crippen LogP contribution is -1.85. The summed E-state index contributed by atoms with van der Waals surface area (Å²) in [6, 6.07) is 21.3. The molecule has 3 heteroatoms. The predicted molar refractivity (Wildman–Crippen MR) is 86.1 cm³/mol. The monoisotopic (exact) mass is 281 g/mol. The summed E-state index contributed by atoms with van der Waals surface area (Å²) in [4.78, 5) is 7.68. The summed E-state index contributed by atoms with van der Waals surface area (Å²) in [5.41, 5.74) is 5.21. The van der Waals surface area contributed by atoms with Crippen molar-refractivity contribution in [1.82, 2.24) is 4.98 Å². The Morgan fingerprint density at radius 1 is 0.818 bits per heavy atom. The summed E-state index contributed by atoms with van der Waals surface area (Å²) in [6.07, 6.45) is 1.58. The zero-order valence-electron chi connectivity index (χ0n) is 11.7. The lowest BCUT2D eigenvalue weighted by atomic mass is 10.0. The highest BCUT2D eigenvalue weighted by atomic mass is 14.7. The number of aromatic nitrogens is 1. The van der Waals surface area contributed by atoms with Crippen LogP contribution in [0.4, 0.5) is 5.69 Å². The number of hydrogen-bond donors (Lipinski definition) is 0. The van der Waals surface area contributed by atoms with Crippen LogP contribution in [0, 0.1) is 17.9 Å². The average molecular weight is 281 g/mol. The van der Waals surface area contributed by atoms with E-state index in [1.165, 1.54) is 0 Å². The van der Waals surface area contributed by atoms with Gasteiger partial charge in [0.25, 0.3) is 0 Å². The second-order valence-corrected chi connectivity index (χ2v) is 4.78. The Labute approximate surface area is 128 Å². The molecule has 0 N–H and O–H groups in total. The molecule has 2 aromatic carbocycles. The molecule has 0 aliphatic carbocycles. The molecule has 0 amide bonds. The van der Waals surface area contributed by atoms with E-state index < -0.39 is 0 Å². The van der Waals surface area contributed by atoms with Crippen LogP contribution < -0.4 is 0 Å². The largest absolute Gasteiger partial charge is 0.255 e. The Balaban J connectivity index is 1.88. The molecule has 0 fully saturated rings. The maximum absolute atomic E-state index is 8.79. The molecule has 0 radical (unpaired) electrons. The van der Waals surface area contributed by atoms with Crippen molar-refractivity contribution in [3.8, 4) is 28.5 Å². The van der Waals surface area contributed by atoms with Crippen molar-refractivity contribution in [2.24, 2.45) is 0 Å². The van der Waals surface area contributed by atoms with E-state index in [1.54, 1.807) is 12.3 Å². The van der Waals surface area contributed by atoms with E-state index in [4.69, 9.17) is 11.8 Å². The summed E-state index contributed by atoms with van der Waals surface area (Å²) in [5, 5.41) is 8.79. The molecule has 0 spiro atoms. The van der Waals surface area contributed by atoms with E-state index in [2.05, 4.69) is 15.9 Å². The molecule has 0 unspecified atom stereocenters. The van der Waals surface area contributed by atoms with E-state index in [1.807, 2.05) is 54.6 Å². The van der Waals surface area contributed by atoms with Crippen molar-refractivity contribution >= 4 is 5.69 Å². The highest BCUT2D eigenvalue weighted by molar-refractivity contribution is 5.70. The van der Waals surface area contributed by atoms with E-state index in [-0.39, 0.29) is 0 Å². The van der Waals surface area contributed by atoms with Gasteiger partial charge in [0, 0.05) is 11.8 Å². The van der Waals surface area contributed by atoms with Gasteiger partial charge in [-0.05, 0) is 23.3 Å². The van der Waals surface area contributed by atoms with Crippen molar-refractivity contribution < 1.29 is 0 Å². The van der Waals surface area contributed by atoms with E-state index >= 15 is 0 Å². The van der Waals surface area contributed by atoms with Gasteiger partial charge < -0.3 is 0 Å². The topological polar surface area (TPSA) is 41.0 Å². The molecule has 3 rings (SSSR count). The Hall–Kier alpha value is -3.43. The SMILES string of the molecule is [C-]#[N+]c1ccc(-c2ccc(-c3ccc(C#N)cn3)cc2)cc1. The van der Waals surface area contributed by atoms with Crippen LogP contribution in [0.25, 0.3) is 27.2 Å². The molecule has 1 heterocycles. The Kier molecular flexibility index (Phi) is 3.64. The number of benzene rings is 2. The molecule has 0 saturated carbocycles. The van der Waals surface area contributed by atoms with E-state index in [0.717, 1.165) is 22.4 Å². The lowest BCUT2D eigenvalue weighted by Gasteiger charge is -2.05. The third kappa shape index (κ3) is 2.70. The summed E-state index contributed by atoms with van der Waals surface area (Å²) < 4.78 is 0. The fourth-order valence-corrected chi connectivity index (χ4v) is 2.19. The van der Waals surface area contributed by atoms with Crippen LogP contribution in [-0.4, -0.2) is 4.98 Å². The molecule has 22 heavy (non-hydrogen) atoms. The van der Waals surface area contributed by atoms with Gasteiger partial charge >= 0.3 is 0 Å². The lowest BCUT2D eigenvalue weighted by molar-refractivity contribution is 1.30. The first-order valence-corrected chi connectivity index (χ1v) is 6.74. The van der Waals surface area contributed by atoms with Gasteiger partial charge in [-0.25, -0.2) is 4.85 Å². The van der Waals surface area contributed by atoms with Crippen molar-refractivity contribution in [3.63, 3.8) is 0 Å². The highest BCUT2D eigenvalue weighted by Crippen LogP contribution is 2.25. The van der Waals surface area contributed by atoms with Crippen molar-refractivity contribution in [3.05, 3.63) is 83.8 Å². The van der Waals surface area contributed by atoms with Crippen LogP contribution in [0.1, 0.15) is 5.56 Å². The van der Waals surface area contributed by atoms with Crippen LogP contribution in [0.3, 0.4) is 0 Å². The number of hydrogen-bond acceptors (Lipinski definition) is 2. The maximum atomic E-state index is 8.79. The molecule has 0 aliphatic heterocycles. The molecule has 0 bridgehead atoms. The minimum Gasteiger partial charge on any atom is -0.255 e. The van der Waals surface area contributed by atoms with Gasteiger partial charge in [-0.3, -0.25) is 4.98 Å². The molecule has 3 nitrogen and oxygen atoms in total. The Morgan fingerprint density at radius 3 is 1.91 bits per heavy atom. The molecule has 0 aliphatic rings. The first-order valence-electron chi connectivity index (χ1n) is 6.74. The number of nitriles is 1. The molecule has 0 atom stereocenters. The summed E-state index contributed by atoms with van der Waals surface area (Å²) >= 11 is 0. The number of rotatable bonds is 2. The van der Waals surface area contributed by atoms with Gasteiger partial charge in [-0.15, -0.1) is 0 Å². The minimum atomic E-state index is 0.556. The summed E-state index contributed by atoms with van der Waals surface area (Å²) in [6.45, 7) is 6.97. The maximum Gasteiger partial charge on any atom is 0.187 e. The van der Waals surface area contributed by atoms with Crippen molar-refractivity contribution in [2.75, 3.05) is 0 Å². The second-order valence-electron chi connectivity index (χ2n) is 4.78. The van der Waals surface area contributed by atoms with Crippen LogP contribution in [0.5, 0.6) is 0 Å². The third-order valence-electron chi connectivity index (χ3n) is 3.40. The quantitative estimate of drug-likeness (QED) is 0.631.